The molecule has 1 atom stereocenters. The van der Waals surface area contributed by atoms with Crippen molar-refractivity contribution in [1.29, 1.82) is 0 Å². The topological polar surface area (TPSA) is 55.1 Å². The van der Waals surface area contributed by atoms with E-state index in [4.69, 9.17) is 4.52 Å². The quantitative estimate of drug-likeness (QED) is 0.938. The molecule has 0 radical (unpaired) electrons. The van der Waals surface area contributed by atoms with E-state index in [1.54, 1.807) is 13.8 Å². The third kappa shape index (κ3) is 2.73. The van der Waals surface area contributed by atoms with E-state index in [1.807, 2.05) is 0 Å². The molecule has 1 saturated carbocycles. The van der Waals surface area contributed by atoms with Crippen molar-refractivity contribution >= 4 is 5.91 Å². The smallest absolute Gasteiger partial charge is 0.257 e. The highest BCUT2D eigenvalue weighted by atomic mass is 19.1. The van der Waals surface area contributed by atoms with Gasteiger partial charge in [-0.05, 0) is 32.8 Å². The second kappa shape index (κ2) is 5.51. The standard InChI is InChI=1S/C16H16F2N2O2/c1-8(12-6-5-11(17)7-13(12)18)19-16(21)14-9(2)22-20-15(14)10-3-4-10/h5-8,10H,3-4H2,1-2H3,(H,19,21)/t8-/m0/s1. The normalized spacial score (nSPS) is 15.6. The molecule has 1 aromatic carbocycles. The Morgan fingerprint density at radius 2 is 2.14 bits per heavy atom. The molecule has 3 rings (SSSR count). The molecule has 0 aliphatic heterocycles. The Morgan fingerprint density at radius 1 is 1.41 bits per heavy atom. The van der Waals surface area contributed by atoms with Gasteiger partial charge in [-0.25, -0.2) is 8.78 Å². The number of halogens is 2. The molecular formula is C16H16F2N2O2. The summed E-state index contributed by atoms with van der Waals surface area (Å²) in [5.41, 5.74) is 1.33. The van der Waals surface area contributed by atoms with Crippen LogP contribution in [0.5, 0.6) is 0 Å². The van der Waals surface area contributed by atoms with Crippen LogP contribution in [-0.4, -0.2) is 11.1 Å². The highest BCUT2D eigenvalue weighted by Gasteiger charge is 2.33. The third-order valence-corrected chi connectivity index (χ3v) is 3.86. The zero-order valence-electron chi connectivity index (χ0n) is 12.3. The molecule has 1 heterocycles. The van der Waals surface area contributed by atoms with Crippen molar-refractivity contribution in [2.75, 3.05) is 0 Å². The SMILES string of the molecule is Cc1onc(C2CC2)c1C(=O)N[C@@H](C)c1ccc(F)cc1F. The molecular weight excluding hydrogens is 290 g/mol. The van der Waals surface area contributed by atoms with Gasteiger partial charge in [0.2, 0.25) is 0 Å². The summed E-state index contributed by atoms with van der Waals surface area (Å²) in [6, 6.07) is 2.71. The molecule has 2 aromatic rings. The van der Waals surface area contributed by atoms with E-state index in [9.17, 15) is 13.6 Å². The van der Waals surface area contributed by atoms with Crippen molar-refractivity contribution in [2.24, 2.45) is 0 Å². The van der Waals surface area contributed by atoms with Gasteiger partial charge in [-0.3, -0.25) is 4.79 Å². The summed E-state index contributed by atoms with van der Waals surface area (Å²) >= 11 is 0. The number of nitrogens with zero attached hydrogens (tertiary/aromatic N) is 1. The average molecular weight is 306 g/mol. The summed E-state index contributed by atoms with van der Waals surface area (Å²) in [5, 5.41) is 6.67. The Balaban J connectivity index is 1.80. The molecule has 1 aromatic heterocycles. The van der Waals surface area contributed by atoms with Crippen molar-refractivity contribution < 1.29 is 18.1 Å². The van der Waals surface area contributed by atoms with Crippen LogP contribution in [0.1, 0.15) is 59.1 Å². The van der Waals surface area contributed by atoms with Crippen LogP contribution in [-0.2, 0) is 0 Å². The summed E-state index contributed by atoms with van der Waals surface area (Å²) in [5.74, 6) is -0.956. The minimum atomic E-state index is -0.683. The van der Waals surface area contributed by atoms with Crippen molar-refractivity contribution in [1.82, 2.24) is 10.5 Å². The van der Waals surface area contributed by atoms with Gasteiger partial charge in [-0.2, -0.15) is 0 Å². The van der Waals surface area contributed by atoms with Gasteiger partial charge >= 0.3 is 0 Å². The summed E-state index contributed by atoms with van der Waals surface area (Å²) in [6.45, 7) is 3.32. The number of rotatable bonds is 4. The summed E-state index contributed by atoms with van der Waals surface area (Å²) < 4.78 is 31.8. The van der Waals surface area contributed by atoms with Gasteiger partial charge in [-0.15, -0.1) is 0 Å². The van der Waals surface area contributed by atoms with Crippen LogP contribution in [0.4, 0.5) is 8.78 Å². The van der Waals surface area contributed by atoms with Crippen molar-refractivity contribution in [3.05, 3.63) is 52.4 Å². The molecule has 0 saturated heterocycles. The van der Waals surface area contributed by atoms with Crippen LogP contribution in [0.25, 0.3) is 0 Å². The van der Waals surface area contributed by atoms with Gasteiger partial charge in [0.05, 0.1) is 11.7 Å². The van der Waals surface area contributed by atoms with E-state index >= 15 is 0 Å². The maximum absolute atomic E-state index is 13.8. The number of nitrogens with one attached hydrogen (secondary N) is 1. The number of amides is 1. The predicted molar refractivity (Wildman–Crippen MR) is 75.5 cm³/mol. The van der Waals surface area contributed by atoms with Crippen LogP contribution < -0.4 is 5.32 Å². The predicted octanol–water partition coefficient (Wildman–Crippen LogP) is 3.63. The molecule has 1 aliphatic rings. The van der Waals surface area contributed by atoms with Gasteiger partial charge in [-0.1, -0.05) is 11.2 Å². The Hall–Kier alpha value is -2.24. The van der Waals surface area contributed by atoms with Gasteiger partial charge in [0.15, 0.2) is 0 Å². The molecule has 1 fully saturated rings. The third-order valence-electron chi connectivity index (χ3n) is 3.86. The van der Waals surface area contributed by atoms with E-state index in [1.165, 1.54) is 12.1 Å². The molecule has 0 unspecified atom stereocenters. The molecule has 1 aliphatic carbocycles. The van der Waals surface area contributed by atoms with Crippen LogP contribution >= 0.6 is 0 Å². The lowest BCUT2D eigenvalue weighted by molar-refractivity contribution is 0.0937. The Labute approximate surface area is 126 Å². The fourth-order valence-electron chi connectivity index (χ4n) is 2.50. The first kappa shape index (κ1) is 14.7. The molecule has 0 bridgehead atoms. The first-order chi connectivity index (χ1) is 10.5. The number of benzene rings is 1. The van der Waals surface area contributed by atoms with Crippen LogP contribution in [0.2, 0.25) is 0 Å². The highest BCUT2D eigenvalue weighted by Crippen LogP contribution is 2.41. The van der Waals surface area contributed by atoms with E-state index in [-0.39, 0.29) is 17.4 Å². The van der Waals surface area contributed by atoms with E-state index < -0.39 is 17.7 Å². The monoisotopic (exact) mass is 306 g/mol. The number of aryl methyl sites for hydroxylation is 1. The van der Waals surface area contributed by atoms with E-state index in [2.05, 4.69) is 10.5 Å². The number of aromatic nitrogens is 1. The largest absolute Gasteiger partial charge is 0.361 e. The molecule has 116 valence electrons. The average Bonchev–Trinajstić information content (AvgIpc) is 3.21. The van der Waals surface area contributed by atoms with Gasteiger partial charge in [0.1, 0.15) is 23.0 Å². The summed E-state index contributed by atoms with van der Waals surface area (Å²) in [7, 11) is 0. The highest BCUT2D eigenvalue weighted by molar-refractivity contribution is 5.96. The lowest BCUT2D eigenvalue weighted by atomic mass is 10.1. The molecule has 0 spiro atoms. The lowest BCUT2D eigenvalue weighted by Gasteiger charge is -2.15. The fourth-order valence-corrected chi connectivity index (χ4v) is 2.50. The zero-order chi connectivity index (χ0) is 15.9. The summed E-state index contributed by atoms with van der Waals surface area (Å²) in [6.07, 6.45) is 1.99. The Kier molecular flexibility index (Phi) is 3.68. The molecule has 22 heavy (non-hydrogen) atoms. The second-order valence-electron chi connectivity index (χ2n) is 5.63. The maximum Gasteiger partial charge on any atom is 0.257 e. The second-order valence-corrected chi connectivity index (χ2v) is 5.63. The number of hydrogen-bond acceptors (Lipinski definition) is 3. The number of carbonyl (C=O) groups excluding carboxylic acids is 1. The van der Waals surface area contributed by atoms with Crippen LogP contribution in [0, 0.1) is 18.6 Å². The van der Waals surface area contributed by atoms with E-state index in [0.29, 0.717) is 17.0 Å². The summed E-state index contributed by atoms with van der Waals surface area (Å²) in [4.78, 5) is 12.4. The minimum absolute atomic E-state index is 0.233. The minimum Gasteiger partial charge on any atom is -0.361 e. The van der Waals surface area contributed by atoms with Crippen molar-refractivity contribution in [3.8, 4) is 0 Å². The van der Waals surface area contributed by atoms with E-state index in [0.717, 1.165) is 18.9 Å². The lowest BCUT2D eigenvalue weighted by Crippen LogP contribution is -2.28. The molecule has 4 nitrogen and oxygen atoms in total. The number of carbonyl (C=O) groups is 1. The van der Waals surface area contributed by atoms with Crippen LogP contribution in [0.3, 0.4) is 0 Å². The van der Waals surface area contributed by atoms with Crippen molar-refractivity contribution in [3.63, 3.8) is 0 Å². The first-order valence-corrected chi connectivity index (χ1v) is 7.19. The van der Waals surface area contributed by atoms with Gasteiger partial charge < -0.3 is 9.84 Å². The maximum atomic E-state index is 13.8. The Morgan fingerprint density at radius 3 is 2.77 bits per heavy atom. The van der Waals surface area contributed by atoms with Gasteiger partial charge in [0.25, 0.3) is 5.91 Å². The number of hydrogen-bond donors (Lipinski definition) is 1. The molecule has 1 N–H and O–H groups in total. The fraction of sp³-hybridized carbons (Fsp3) is 0.375. The zero-order valence-corrected chi connectivity index (χ0v) is 12.3. The Bertz CT molecular complexity index is 723. The van der Waals surface area contributed by atoms with Crippen LogP contribution in [0.15, 0.2) is 22.7 Å². The molecule has 1 amide bonds. The van der Waals surface area contributed by atoms with Crippen molar-refractivity contribution in [2.45, 2.75) is 38.6 Å². The first-order valence-electron chi connectivity index (χ1n) is 7.19. The molecule has 6 heteroatoms. The van der Waals surface area contributed by atoms with Gasteiger partial charge in [0, 0.05) is 17.5 Å².